The Balaban J connectivity index is 1.19. The summed E-state index contributed by atoms with van der Waals surface area (Å²) < 4.78 is 20.1. The van der Waals surface area contributed by atoms with Crippen LogP contribution in [0.5, 0.6) is 0 Å². The van der Waals surface area contributed by atoms with E-state index in [4.69, 9.17) is 22.1 Å². The van der Waals surface area contributed by atoms with Gasteiger partial charge in [-0.2, -0.15) is 5.10 Å². The second kappa shape index (κ2) is 10.4. The van der Waals surface area contributed by atoms with Crippen LogP contribution in [0.15, 0.2) is 54.6 Å². The maximum Gasteiger partial charge on any atom is 0.337 e. The normalized spacial score (nSPS) is 22.8. The lowest BCUT2D eigenvalue weighted by atomic mass is 9.74. The fraction of sp³-hybridized carbons (Fsp3) is 0.370. The molecule has 7 nitrogen and oxygen atoms in total. The summed E-state index contributed by atoms with van der Waals surface area (Å²) in [6.07, 6.45) is 2.26. The molecule has 3 fully saturated rings. The molecule has 3 aliphatic rings. The molecule has 0 saturated carbocycles. The van der Waals surface area contributed by atoms with Gasteiger partial charge in [-0.3, -0.25) is 9.58 Å². The standard InChI is InChI=1S/C27H30FN5O2S/c1-32-25(14-24(31-32)17-6-8-20(28)9-7-17)23-16-33-11-10-18(23)13-22(33)15-29-27(36)30-21-5-3-4-19(12-21)26(34)35-2/h3-9,12,14,18,22-23H,10-11,13,15-16H2,1-2H3,(H2,29,30,36)/t18-,22+,23+/m0/s1. The highest BCUT2D eigenvalue weighted by atomic mass is 32.1. The summed E-state index contributed by atoms with van der Waals surface area (Å²) in [6.45, 7) is 2.83. The first-order valence-corrected chi connectivity index (χ1v) is 12.6. The number of piperidine rings is 3. The van der Waals surface area contributed by atoms with Gasteiger partial charge in [0.25, 0.3) is 0 Å². The molecule has 0 spiro atoms. The summed E-state index contributed by atoms with van der Waals surface area (Å²) in [4.78, 5) is 14.3. The summed E-state index contributed by atoms with van der Waals surface area (Å²) in [5.74, 6) is 0.386. The van der Waals surface area contributed by atoms with Gasteiger partial charge in [-0.05, 0) is 86.1 Å². The number of thiocarbonyl (C=S) groups is 1. The smallest absolute Gasteiger partial charge is 0.337 e. The molecule has 2 N–H and O–H groups in total. The Hall–Kier alpha value is -3.30. The molecular weight excluding hydrogens is 477 g/mol. The number of rotatable bonds is 6. The molecule has 4 atom stereocenters. The number of carbonyl (C=O) groups excluding carboxylic acids is 1. The zero-order chi connectivity index (χ0) is 25.2. The van der Waals surface area contributed by atoms with Gasteiger partial charge in [-0.25, -0.2) is 9.18 Å². The van der Waals surface area contributed by atoms with Crippen LogP contribution in [0.3, 0.4) is 0 Å². The number of hydrogen-bond donors (Lipinski definition) is 2. The number of benzene rings is 2. The number of methoxy groups -OCH3 is 1. The summed E-state index contributed by atoms with van der Waals surface area (Å²) in [6, 6.07) is 16.2. The van der Waals surface area contributed by atoms with E-state index in [-0.39, 0.29) is 11.8 Å². The number of fused-ring (bicyclic) bond motifs is 3. The fourth-order valence-electron chi connectivity index (χ4n) is 5.50. The van der Waals surface area contributed by atoms with Gasteiger partial charge in [0.15, 0.2) is 5.11 Å². The Labute approximate surface area is 215 Å². The van der Waals surface area contributed by atoms with E-state index in [0.717, 1.165) is 43.0 Å². The van der Waals surface area contributed by atoms with Crippen molar-refractivity contribution in [3.8, 4) is 11.3 Å². The number of nitrogens with one attached hydrogen (secondary N) is 2. The minimum atomic E-state index is -0.378. The van der Waals surface area contributed by atoms with Crippen LogP contribution in [0.4, 0.5) is 10.1 Å². The molecule has 0 radical (unpaired) electrons. The molecule has 2 bridgehead atoms. The van der Waals surface area contributed by atoms with Crippen LogP contribution in [0.25, 0.3) is 11.3 Å². The molecule has 6 rings (SSSR count). The van der Waals surface area contributed by atoms with Gasteiger partial charge in [0.1, 0.15) is 5.82 Å². The predicted octanol–water partition coefficient (Wildman–Crippen LogP) is 4.18. The van der Waals surface area contributed by atoms with Gasteiger partial charge >= 0.3 is 5.97 Å². The average Bonchev–Trinajstić information content (AvgIpc) is 3.29. The number of esters is 1. The number of aromatic nitrogens is 2. The van der Waals surface area contributed by atoms with Crippen molar-refractivity contribution in [3.05, 3.63) is 71.7 Å². The number of aryl methyl sites for hydroxylation is 1. The van der Waals surface area contributed by atoms with Crippen LogP contribution in [0, 0.1) is 11.7 Å². The lowest BCUT2D eigenvalue weighted by Crippen LogP contribution is -2.56. The Morgan fingerprint density at radius 3 is 2.75 bits per heavy atom. The number of nitrogens with zero attached hydrogens (tertiary/aromatic N) is 3. The van der Waals surface area contributed by atoms with Gasteiger partial charge in [-0.15, -0.1) is 0 Å². The molecule has 36 heavy (non-hydrogen) atoms. The largest absolute Gasteiger partial charge is 0.465 e. The molecule has 3 saturated heterocycles. The molecule has 4 heterocycles. The molecule has 1 unspecified atom stereocenters. The average molecular weight is 508 g/mol. The van der Waals surface area contributed by atoms with Crippen LogP contribution >= 0.6 is 12.2 Å². The third-order valence-electron chi connectivity index (χ3n) is 7.35. The Morgan fingerprint density at radius 2 is 2.03 bits per heavy atom. The lowest BCUT2D eigenvalue weighted by molar-refractivity contribution is 0.0303. The van der Waals surface area contributed by atoms with Crippen LogP contribution in [-0.2, 0) is 11.8 Å². The van der Waals surface area contributed by atoms with E-state index in [9.17, 15) is 9.18 Å². The van der Waals surface area contributed by atoms with Crippen molar-refractivity contribution in [1.29, 1.82) is 0 Å². The first-order chi connectivity index (χ1) is 17.4. The minimum absolute atomic E-state index is 0.239. The van der Waals surface area contributed by atoms with Crippen molar-refractivity contribution in [2.24, 2.45) is 13.0 Å². The first kappa shape index (κ1) is 24.4. The van der Waals surface area contributed by atoms with Gasteiger partial charge in [-0.1, -0.05) is 6.07 Å². The first-order valence-electron chi connectivity index (χ1n) is 12.2. The van der Waals surface area contributed by atoms with E-state index in [1.54, 1.807) is 30.3 Å². The number of hydrogen-bond acceptors (Lipinski definition) is 5. The van der Waals surface area contributed by atoms with Crippen molar-refractivity contribution >= 4 is 29.0 Å². The summed E-state index contributed by atoms with van der Waals surface area (Å²) in [5, 5.41) is 11.8. The Kier molecular flexibility index (Phi) is 7.02. The maximum atomic E-state index is 13.3. The second-order valence-electron chi connectivity index (χ2n) is 9.53. The molecule has 0 amide bonds. The van der Waals surface area contributed by atoms with Crippen LogP contribution in [-0.4, -0.2) is 58.5 Å². The van der Waals surface area contributed by atoms with Gasteiger partial charge < -0.3 is 15.4 Å². The predicted molar refractivity (Wildman–Crippen MR) is 141 cm³/mol. The SMILES string of the molecule is COC(=O)c1cccc(NC(=S)NC[C@H]2C[C@@H]3CCN2C[C@H]3c2cc(-c3ccc(F)cc3)nn2C)c1. The van der Waals surface area contributed by atoms with Crippen molar-refractivity contribution in [1.82, 2.24) is 20.0 Å². The Morgan fingerprint density at radius 1 is 1.22 bits per heavy atom. The minimum Gasteiger partial charge on any atom is -0.465 e. The van der Waals surface area contributed by atoms with E-state index in [1.165, 1.54) is 31.4 Å². The third kappa shape index (κ3) is 5.12. The highest BCUT2D eigenvalue weighted by Gasteiger charge is 2.41. The van der Waals surface area contributed by atoms with Crippen molar-refractivity contribution in [3.63, 3.8) is 0 Å². The third-order valence-corrected chi connectivity index (χ3v) is 7.60. The second-order valence-corrected chi connectivity index (χ2v) is 9.94. The zero-order valence-electron chi connectivity index (χ0n) is 20.4. The molecule has 0 aliphatic carbocycles. The molecule has 188 valence electrons. The number of carbonyl (C=O) groups is 1. The molecule has 2 aromatic carbocycles. The fourth-order valence-corrected chi connectivity index (χ4v) is 5.70. The summed E-state index contributed by atoms with van der Waals surface area (Å²) in [7, 11) is 3.36. The van der Waals surface area contributed by atoms with Crippen LogP contribution < -0.4 is 10.6 Å². The van der Waals surface area contributed by atoms with E-state index < -0.39 is 0 Å². The number of ether oxygens (including phenoxy) is 1. The molecule has 1 aromatic heterocycles. The summed E-state index contributed by atoms with van der Waals surface area (Å²) in [5.41, 5.74) is 4.27. The number of anilines is 1. The van der Waals surface area contributed by atoms with Crippen molar-refractivity contribution < 1.29 is 13.9 Å². The lowest BCUT2D eigenvalue weighted by Gasteiger charge is -2.50. The van der Waals surface area contributed by atoms with Crippen LogP contribution in [0.2, 0.25) is 0 Å². The zero-order valence-corrected chi connectivity index (χ0v) is 21.2. The quantitative estimate of drug-likeness (QED) is 0.383. The molecular formula is C27H30FN5O2S. The molecule has 9 heteroatoms. The topological polar surface area (TPSA) is 71.4 Å². The van der Waals surface area contributed by atoms with Crippen LogP contribution in [0.1, 0.15) is 34.8 Å². The van der Waals surface area contributed by atoms with Crippen molar-refractivity contribution in [2.45, 2.75) is 24.8 Å². The Bertz CT molecular complexity index is 1260. The van der Waals surface area contributed by atoms with Gasteiger partial charge in [0.05, 0.1) is 18.4 Å². The highest BCUT2D eigenvalue weighted by Crippen LogP contribution is 2.42. The number of halogens is 1. The van der Waals surface area contributed by atoms with E-state index >= 15 is 0 Å². The molecule has 3 aliphatic heterocycles. The maximum absolute atomic E-state index is 13.3. The monoisotopic (exact) mass is 507 g/mol. The van der Waals surface area contributed by atoms with Gasteiger partial charge in [0.2, 0.25) is 0 Å². The van der Waals surface area contributed by atoms with Crippen molar-refractivity contribution in [2.75, 3.05) is 32.1 Å². The van der Waals surface area contributed by atoms with Gasteiger partial charge in [0, 0.05) is 49.0 Å². The van der Waals surface area contributed by atoms with E-state index in [2.05, 4.69) is 21.6 Å². The molecule has 3 aromatic rings. The summed E-state index contributed by atoms with van der Waals surface area (Å²) >= 11 is 5.51. The highest BCUT2D eigenvalue weighted by molar-refractivity contribution is 7.80. The van der Waals surface area contributed by atoms with E-state index in [0.29, 0.717) is 28.6 Å². The van der Waals surface area contributed by atoms with E-state index in [1.807, 2.05) is 17.8 Å².